The van der Waals surface area contributed by atoms with Crippen molar-refractivity contribution in [3.8, 4) is 0 Å². The van der Waals surface area contributed by atoms with Crippen molar-refractivity contribution in [2.45, 2.75) is 50.7 Å². The maximum absolute atomic E-state index is 12.3. The molecule has 5 nitrogen and oxygen atoms in total. The van der Waals surface area contributed by atoms with E-state index in [2.05, 4.69) is 10.6 Å². The predicted molar refractivity (Wildman–Crippen MR) is 84.1 cm³/mol. The number of carbonyl (C=O) groups excluding carboxylic acids is 2. The first-order valence-electron chi connectivity index (χ1n) is 8.06. The van der Waals surface area contributed by atoms with Crippen molar-refractivity contribution in [3.63, 3.8) is 0 Å². The van der Waals surface area contributed by atoms with Gasteiger partial charge in [-0.3, -0.25) is 9.59 Å². The van der Waals surface area contributed by atoms with Crippen molar-refractivity contribution >= 4 is 11.8 Å². The molecule has 3 rings (SSSR count). The average molecular weight is 301 g/mol. The maximum atomic E-state index is 12.3. The Morgan fingerprint density at radius 2 is 2.09 bits per heavy atom. The van der Waals surface area contributed by atoms with Gasteiger partial charge in [-0.05, 0) is 42.9 Å². The van der Waals surface area contributed by atoms with Crippen molar-refractivity contribution in [1.29, 1.82) is 0 Å². The van der Waals surface area contributed by atoms with Gasteiger partial charge in [0.25, 0.3) is 0 Å². The first-order chi connectivity index (χ1) is 10.6. The number of rotatable bonds is 4. The number of benzene rings is 1. The van der Waals surface area contributed by atoms with Crippen LogP contribution in [0.15, 0.2) is 24.3 Å². The molecule has 1 aliphatic heterocycles. The number of hydrogen-bond donors (Lipinski definition) is 3. The Labute approximate surface area is 130 Å². The molecule has 0 aromatic heterocycles. The van der Waals surface area contributed by atoms with Gasteiger partial charge in [0.05, 0.1) is 6.04 Å². The molecule has 2 fully saturated rings. The average Bonchev–Trinajstić information content (AvgIpc) is 2.97. The van der Waals surface area contributed by atoms with E-state index in [1.54, 1.807) is 18.2 Å². The molecule has 3 atom stereocenters. The van der Waals surface area contributed by atoms with Gasteiger partial charge in [-0.2, -0.15) is 0 Å². The molecule has 1 aromatic carbocycles. The summed E-state index contributed by atoms with van der Waals surface area (Å²) in [6, 6.07) is 7.51. The molecular formula is C17H23N3O2. The topological polar surface area (TPSA) is 84.2 Å². The Bertz CT molecular complexity index is 559. The zero-order valence-electron chi connectivity index (χ0n) is 12.7. The Morgan fingerprint density at radius 1 is 1.27 bits per heavy atom. The summed E-state index contributed by atoms with van der Waals surface area (Å²) in [5.41, 5.74) is 6.63. The van der Waals surface area contributed by atoms with Crippen molar-refractivity contribution in [2.24, 2.45) is 11.7 Å². The van der Waals surface area contributed by atoms with Crippen LogP contribution in [-0.2, 0) is 11.3 Å². The van der Waals surface area contributed by atoms with Crippen molar-refractivity contribution in [2.75, 3.05) is 0 Å². The van der Waals surface area contributed by atoms with Crippen LogP contribution in [0.3, 0.4) is 0 Å². The Balaban J connectivity index is 1.54. The summed E-state index contributed by atoms with van der Waals surface area (Å²) in [6.45, 7) is 0.424. The van der Waals surface area contributed by atoms with E-state index >= 15 is 0 Å². The molecule has 0 spiro atoms. The lowest BCUT2D eigenvalue weighted by atomic mass is 9.85. The minimum absolute atomic E-state index is 0.0545. The van der Waals surface area contributed by atoms with E-state index in [0.717, 1.165) is 12.0 Å². The van der Waals surface area contributed by atoms with Gasteiger partial charge < -0.3 is 16.4 Å². The van der Waals surface area contributed by atoms with Crippen LogP contribution in [0.1, 0.15) is 48.0 Å². The van der Waals surface area contributed by atoms with E-state index in [0.29, 0.717) is 24.1 Å². The SMILES string of the molecule is NC(=O)c1cccc(CNC(=O)C2CC3CCCCC3N2)c1. The summed E-state index contributed by atoms with van der Waals surface area (Å²) in [6.07, 6.45) is 5.93. The van der Waals surface area contributed by atoms with Gasteiger partial charge in [-0.1, -0.05) is 25.0 Å². The fourth-order valence-electron chi connectivity index (χ4n) is 3.67. The molecule has 0 radical (unpaired) electrons. The van der Waals surface area contributed by atoms with Gasteiger partial charge in [0.1, 0.15) is 0 Å². The normalized spacial score (nSPS) is 27.2. The Hall–Kier alpha value is -1.88. The number of primary amides is 1. The summed E-state index contributed by atoms with van der Waals surface area (Å²) < 4.78 is 0. The van der Waals surface area contributed by atoms with E-state index in [9.17, 15) is 9.59 Å². The molecule has 1 saturated heterocycles. The second-order valence-electron chi connectivity index (χ2n) is 6.39. The van der Waals surface area contributed by atoms with Crippen LogP contribution < -0.4 is 16.4 Å². The van der Waals surface area contributed by atoms with Crippen molar-refractivity contribution < 1.29 is 9.59 Å². The van der Waals surface area contributed by atoms with E-state index in [1.165, 1.54) is 25.7 Å². The molecular weight excluding hydrogens is 278 g/mol. The minimum atomic E-state index is -0.449. The third-order valence-electron chi connectivity index (χ3n) is 4.86. The molecule has 5 heteroatoms. The van der Waals surface area contributed by atoms with E-state index in [-0.39, 0.29) is 11.9 Å². The molecule has 4 N–H and O–H groups in total. The lowest BCUT2D eigenvalue weighted by Crippen LogP contribution is -2.42. The fraction of sp³-hybridized carbons (Fsp3) is 0.529. The predicted octanol–water partition coefficient (Wildman–Crippen LogP) is 1.32. The third kappa shape index (κ3) is 3.30. The lowest BCUT2D eigenvalue weighted by Gasteiger charge is -2.24. The van der Waals surface area contributed by atoms with Crippen LogP contribution in [0.4, 0.5) is 0 Å². The smallest absolute Gasteiger partial charge is 0.248 e. The number of amides is 2. The summed E-state index contributed by atoms with van der Waals surface area (Å²) in [7, 11) is 0. The molecule has 2 amide bonds. The van der Waals surface area contributed by atoms with Gasteiger partial charge in [0.15, 0.2) is 0 Å². The van der Waals surface area contributed by atoms with Crippen molar-refractivity contribution in [3.05, 3.63) is 35.4 Å². The molecule has 1 saturated carbocycles. The molecule has 2 aliphatic rings. The van der Waals surface area contributed by atoms with Crippen LogP contribution in [0, 0.1) is 5.92 Å². The van der Waals surface area contributed by atoms with Crippen LogP contribution in [0.2, 0.25) is 0 Å². The molecule has 1 aliphatic carbocycles. The summed E-state index contributed by atoms with van der Waals surface area (Å²) in [5.74, 6) is 0.260. The monoisotopic (exact) mass is 301 g/mol. The number of hydrogen-bond acceptors (Lipinski definition) is 3. The van der Waals surface area contributed by atoms with Gasteiger partial charge in [0.2, 0.25) is 11.8 Å². The Morgan fingerprint density at radius 3 is 2.86 bits per heavy atom. The second-order valence-corrected chi connectivity index (χ2v) is 6.39. The zero-order chi connectivity index (χ0) is 15.5. The van der Waals surface area contributed by atoms with Crippen LogP contribution in [0.25, 0.3) is 0 Å². The highest BCUT2D eigenvalue weighted by Crippen LogP contribution is 2.33. The third-order valence-corrected chi connectivity index (χ3v) is 4.86. The van der Waals surface area contributed by atoms with Crippen LogP contribution in [-0.4, -0.2) is 23.9 Å². The Kier molecular flexibility index (Phi) is 4.43. The first kappa shape index (κ1) is 15.0. The molecule has 1 heterocycles. The summed E-state index contributed by atoms with van der Waals surface area (Å²) in [5, 5.41) is 6.44. The highest BCUT2D eigenvalue weighted by atomic mass is 16.2. The molecule has 22 heavy (non-hydrogen) atoms. The highest BCUT2D eigenvalue weighted by Gasteiger charge is 2.37. The van der Waals surface area contributed by atoms with Gasteiger partial charge in [-0.15, -0.1) is 0 Å². The molecule has 3 unspecified atom stereocenters. The van der Waals surface area contributed by atoms with Gasteiger partial charge >= 0.3 is 0 Å². The summed E-state index contributed by atoms with van der Waals surface area (Å²) in [4.78, 5) is 23.5. The fourth-order valence-corrected chi connectivity index (χ4v) is 3.67. The minimum Gasteiger partial charge on any atom is -0.366 e. The van der Waals surface area contributed by atoms with E-state index in [1.807, 2.05) is 6.07 Å². The van der Waals surface area contributed by atoms with Crippen molar-refractivity contribution in [1.82, 2.24) is 10.6 Å². The van der Waals surface area contributed by atoms with Crippen LogP contribution in [0.5, 0.6) is 0 Å². The highest BCUT2D eigenvalue weighted by molar-refractivity contribution is 5.92. The number of nitrogens with two attached hydrogens (primary N) is 1. The maximum Gasteiger partial charge on any atom is 0.248 e. The second kappa shape index (κ2) is 6.48. The van der Waals surface area contributed by atoms with E-state index in [4.69, 9.17) is 5.73 Å². The van der Waals surface area contributed by atoms with Crippen LogP contribution >= 0.6 is 0 Å². The van der Waals surface area contributed by atoms with Gasteiger partial charge in [0, 0.05) is 18.2 Å². The largest absolute Gasteiger partial charge is 0.366 e. The van der Waals surface area contributed by atoms with E-state index < -0.39 is 5.91 Å². The molecule has 118 valence electrons. The standard InChI is InChI=1S/C17H23N3O2/c18-16(21)13-6-3-4-11(8-13)10-19-17(22)15-9-12-5-1-2-7-14(12)20-15/h3-4,6,8,12,14-15,20H,1-2,5,7,9-10H2,(H2,18,21)(H,19,22). The summed E-state index contributed by atoms with van der Waals surface area (Å²) >= 11 is 0. The lowest BCUT2D eigenvalue weighted by molar-refractivity contribution is -0.123. The number of carbonyl (C=O) groups is 2. The molecule has 1 aromatic rings. The number of fused-ring (bicyclic) bond motifs is 1. The zero-order valence-corrected chi connectivity index (χ0v) is 12.7. The first-order valence-corrected chi connectivity index (χ1v) is 8.06. The quantitative estimate of drug-likeness (QED) is 0.784. The van der Waals surface area contributed by atoms with Gasteiger partial charge in [-0.25, -0.2) is 0 Å². The molecule has 0 bridgehead atoms. The number of nitrogens with one attached hydrogen (secondary N) is 2.